The molecule has 2 N–H and O–H groups in total. The normalized spacial score (nSPS) is 15.2. The van der Waals surface area contributed by atoms with Crippen LogP contribution < -0.4 is 15.4 Å². The number of fused-ring (bicyclic) bond motifs is 1. The molecule has 1 aliphatic heterocycles. The second-order valence-electron chi connectivity index (χ2n) is 7.12. The zero-order chi connectivity index (χ0) is 20.4. The quantitative estimate of drug-likeness (QED) is 0.692. The van der Waals surface area contributed by atoms with E-state index >= 15 is 0 Å². The van der Waals surface area contributed by atoms with Crippen LogP contribution in [0.4, 0.5) is 5.69 Å². The van der Waals surface area contributed by atoms with Crippen LogP contribution in [-0.4, -0.2) is 18.4 Å². The average Bonchev–Trinajstić information content (AvgIpc) is 3.25. The first-order chi connectivity index (χ1) is 14.0. The molecule has 0 unspecified atom stereocenters. The van der Waals surface area contributed by atoms with Crippen LogP contribution in [0.3, 0.4) is 0 Å². The summed E-state index contributed by atoms with van der Waals surface area (Å²) in [5, 5.41) is 5.90. The summed E-state index contributed by atoms with van der Waals surface area (Å²) in [4.78, 5) is 25.2. The van der Waals surface area contributed by atoms with Gasteiger partial charge >= 0.3 is 0 Å². The number of amides is 2. The van der Waals surface area contributed by atoms with E-state index in [9.17, 15) is 9.59 Å². The summed E-state index contributed by atoms with van der Waals surface area (Å²) in [6.45, 7) is 4.43. The van der Waals surface area contributed by atoms with Crippen LogP contribution in [0, 0.1) is 13.8 Å². The Morgan fingerprint density at radius 1 is 1.00 bits per heavy atom. The predicted octanol–water partition coefficient (Wildman–Crippen LogP) is 4.40. The van der Waals surface area contributed by atoms with Gasteiger partial charge in [0.05, 0.1) is 18.9 Å². The maximum absolute atomic E-state index is 12.9. The number of anilines is 1. The monoisotopic (exact) mass is 390 g/mol. The molecule has 2 heterocycles. The lowest BCUT2D eigenvalue weighted by atomic mass is 9.97. The van der Waals surface area contributed by atoms with E-state index in [1.54, 1.807) is 24.3 Å². The number of benzene rings is 2. The van der Waals surface area contributed by atoms with E-state index in [4.69, 9.17) is 9.15 Å². The highest BCUT2D eigenvalue weighted by molar-refractivity contribution is 6.04. The van der Waals surface area contributed by atoms with Gasteiger partial charge in [0.1, 0.15) is 5.75 Å². The lowest BCUT2D eigenvalue weighted by molar-refractivity contribution is 0.0923. The lowest BCUT2D eigenvalue weighted by Gasteiger charge is -2.28. The number of nitrogens with one attached hydrogen (secondary N) is 2. The minimum absolute atomic E-state index is 0.117. The predicted molar refractivity (Wildman–Crippen MR) is 109 cm³/mol. The number of hydrogen-bond acceptors (Lipinski definition) is 4. The van der Waals surface area contributed by atoms with E-state index in [1.165, 1.54) is 6.26 Å². The molecule has 6 nitrogen and oxygen atoms in total. The van der Waals surface area contributed by atoms with Crippen molar-refractivity contribution in [3.8, 4) is 5.75 Å². The molecule has 2 aromatic carbocycles. The molecule has 3 aromatic rings. The Hall–Kier alpha value is -3.54. The molecule has 1 atom stereocenters. The topological polar surface area (TPSA) is 80.6 Å². The van der Waals surface area contributed by atoms with Crippen molar-refractivity contribution in [3.63, 3.8) is 0 Å². The van der Waals surface area contributed by atoms with Crippen LogP contribution in [0.25, 0.3) is 0 Å². The summed E-state index contributed by atoms with van der Waals surface area (Å²) in [6, 6.07) is 14.3. The van der Waals surface area contributed by atoms with Crippen molar-refractivity contribution in [2.24, 2.45) is 0 Å². The fourth-order valence-corrected chi connectivity index (χ4v) is 3.46. The third kappa shape index (κ3) is 3.87. The molecule has 0 fully saturated rings. The summed E-state index contributed by atoms with van der Waals surface area (Å²) >= 11 is 0. The van der Waals surface area contributed by atoms with Crippen LogP contribution in [0.5, 0.6) is 5.75 Å². The highest BCUT2D eigenvalue weighted by Gasteiger charge is 2.24. The van der Waals surface area contributed by atoms with Crippen molar-refractivity contribution < 1.29 is 18.7 Å². The van der Waals surface area contributed by atoms with Gasteiger partial charge in [-0.25, -0.2) is 0 Å². The summed E-state index contributed by atoms with van der Waals surface area (Å²) in [7, 11) is 0. The van der Waals surface area contributed by atoms with Gasteiger partial charge < -0.3 is 19.8 Å². The smallest absolute Gasteiger partial charge is 0.291 e. The summed E-state index contributed by atoms with van der Waals surface area (Å²) in [5.41, 5.74) is 3.95. The van der Waals surface area contributed by atoms with Crippen LogP contribution in [0.1, 0.15) is 50.1 Å². The summed E-state index contributed by atoms with van der Waals surface area (Å²) < 4.78 is 10.9. The highest BCUT2D eigenvalue weighted by atomic mass is 16.5. The molecule has 0 saturated carbocycles. The Labute approximate surface area is 168 Å². The Kier molecular flexibility index (Phi) is 5.08. The fraction of sp³-hybridized carbons (Fsp3) is 0.217. The van der Waals surface area contributed by atoms with Crippen LogP contribution >= 0.6 is 0 Å². The van der Waals surface area contributed by atoms with Gasteiger partial charge in [0.15, 0.2) is 5.76 Å². The molecule has 0 radical (unpaired) electrons. The van der Waals surface area contributed by atoms with E-state index in [0.29, 0.717) is 24.3 Å². The summed E-state index contributed by atoms with van der Waals surface area (Å²) in [5.74, 6) is 0.509. The van der Waals surface area contributed by atoms with Crippen molar-refractivity contribution in [3.05, 3.63) is 82.8 Å². The van der Waals surface area contributed by atoms with Crippen LogP contribution in [0.15, 0.2) is 59.2 Å². The van der Waals surface area contributed by atoms with Gasteiger partial charge in [0.25, 0.3) is 11.8 Å². The van der Waals surface area contributed by atoms with Crippen molar-refractivity contribution in [2.75, 3.05) is 11.9 Å². The lowest BCUT2D eigenvalue weighted by Crippen LogP contribution is -2.32. The first kappa shape index (κ1) is 18.8. The molecule has 1 aliphatic rings. The standard InChI is InChI=1S/C23H22N2O4/c1-14-8-9-16(13-19(14)25-23(27)20-7-4-11-28-20)22(26)24-18-10-12-29-21-15(2)5-3-6-17(18)21/h3-9,11,13,18H,10,12H2,1-2H3,(H,24,26)(H,25,27)/t18-/m0/s1. The fourth-order valence-electron chi connectivity index (χ4n) is 3.46. The highest BCUT2D eigenvalue weighted by Crippen LogP contribution is 2.34. The molecular weight excluding hydrogens is 368 g/mol. The molecule has 2 amide bonds. The van der Waals surface area contributed by atoms with Gasteiger partial charge in [0.2, 0.25) is 0 Å². The molecule has 0 saturated heterocycles. The minimum atomic E-state index is -0.357. The van der Waals surface area contributed by atoms with Crippen molar-refractivity contribution in [2.45, 2.75) is 26.3 Å². The third-order valence-corrected chi connectivity index (χ3v) is 5.07. The molecule has 4 rings (SSSR count). The zero-order valence-electron chi connectivity index (χ0n) is 16.3. The van der Waals surface area contributed by atoms with Gasteiger partial charge in [0, 0.05) is 23.2 Å². The number of furan rings is 1. The van der Waals surface area contributed by atoms with Gasteiger partial charge in [-0.15, -0.1) is 0 Å². The average molecular weight is 390 g/mol. The Morgan fingerprint density at radius 2 is 1.86 bits per heavy atom. The molecule has 148 valence electrons. The molecule has 0 aliphatic carbocycles. The number of carbonyl (C=O) groups is 2. The van der Waals surface area contributed by atoms with Crippen molar-refractivity contribution in [1.29, 1.82) is 0 Å². The second kappa shape index (κ2) is 7.83. The van der Waals surface area contributed by atoms with Gasteiger partial charge in [-0.05, 0) is 49.2 Å². The minimum Gasteiger partial charge on any atom is -0.493 e. The molecule has 0 spiro atoms. The maximum Gasteiger partial charge on any atom is 0.291 e. The van der Waals surface area contributed by atoms with E-state index in [2.05, 4.69) is 10.6 Å². The number of para-hydroxylation sites is 1. The Bertz CT molecular complexity index is 1060. The van der Waals surface area contributed by atoms with Gasteiger partial charge in [-0.2, -0.15) is 0 Å². The Balaban J connectivity index is 1.53. The van der Waals surface area contributed by atoms with Gasteiger partial charge in [-0.3, -0.25) is 9.59 Å². The maximum atomic E-state index is 12.9. The second-order valence-corrected chi connectivity index (χ2v) is 7.12. The van der Waals surface area contributed by atoms with E-state index in [-0.39, 0.29) is 23.6 Å². The number of aryl methyl sites for hydroxylation is 2. The SMILES string of the molecule is Cc1ccc(C(=O)N[C@H]2CCOc3c(C)cccc32)cc1NC(=O)c1ccco1. The van der Waals surface area contributed by atoms with Gasteiger partial charge in [-0.1, -0.05) is 24.3 Å². The summed E-state index contributed by atoms with van der Waals surface area (Å²) in [6.07, 6.45) is 2.15. The molecule has 6 heteroatoms. The van der Waals surface area contributed by atoms with E-state index < -0.39 is 0 Å². The third-order valence-electron chi connectivity index (χ3n) is 5.07. The Morgan fingerprint density at radius 3 is 2.66 bits per heavy atom. The molecule has 0 bridgehead atoms. The van der Waals surface area contributed by atoms with Crippen molar-refractivity contribution >= 4 is 17.5 Å². The zero-order valence-corrected chi connectivity index (χ0v) is 16.3. The number of carbonyl (C=O) groups excluding carboxylic acids is 2. The van der Waals surface area contributed by atoms with Crippen LogP contribution in [0.2, 0.25) is 0 Å². The molecular formula is C23H22N2O4. The number of rotatable bonds is 4. The van der Waals surface area contributed by atoms with Crippen molar-refractivity contribution in [1.82, 2.24) is 5.32 Å². The van der Waals surface area contributed by atoms with E-state index in [0.717, 1.165) is 22.4 Å². The first-order valence-electron chi connectivity index (χ1n) is 9.51. The molecule has 1 aromatic heterocycles. The first-order valence-corrected chi connectivity index (χ1v) is 9.51. The molecule has 29 heavy (non-hydrogen) atoms. The number of hydrogen-bond donors (Lipinski definition) is 2. The van der Waals surface area contributed by atoms with E-state index in [1.807, 2.05) is 38.1 Å². The van der Waals surface area contributed by atoms with Crippen LogP contribution in [-0.2, 0) is 0 Å². The largest absolute Gasteiger partial charge is 0.493 e. The number of ether oxygens (including phenoxy) is 1.